The maximum absolute atomic E-state index is 12.5. The summed E-state index contributed by atoms with van der Waals surface area (Å²) in [6, 6.07) is 19.8. The summed E-state index contributed by atoms with van der Waals surface area (Å²) in [6.07, 6.45) is -1.12. The molecule has 0 heterocycles. The average molecular weight is 455 g/mol. The molecule has 0 aromatic heterocycles. The molecule has 0 spiro atoms. The van der Waals surface area contributed by atoms with E-state index in [1.165, 1.54) is 19.1 Å². The Morgan fingerprint density at radius 1 is 0.938 bits per heavy atom. The van der Waals surface area contributed by atoms with Gasteiger partial charge in [-0.05, 0) is 67.9 Å². The van der Waals surface area contributed by atoms with E-state index in [0.29, 0.717) is 22.7 Å². The van der Waals surface area contributed by atoms with Gasteiger partial charge in [-0.25, -0.2) is 18.4 Å². The molecule has 0 aliphatic carbocycles. The van der Waals surface area contributed by atoms with Crippen LogP contribution in [0.3, 0.4) is 0 Å². The van der Waals surface area contributed by atoms with E-state index in [2.05, 4.69) is 5.32 Å². The van der Waals surface area contributed by atoms with E-state index in [-0.39, 0.29) is 10.5 Å². The molecule has 0 aliphatic rings. The van der Waals surface area contributed by atoms with Crippen molar-refractivity contribution >= 4 is 27.6 Å². The summed E-state index contributed by atoms with van der Waals surface area (Å²) < 4.78 is 34.0. The van der Waals surface area contributed by atoms with Crippen LogP contribution in [0.4, 0.5) is 5.69 Å². The lowest BCUT2D eigenvalue weighted by molar-refractivity contribution is -0.123. The number of sulfonamides is 1. The maximum Gasteiger partial charge on any atom is 0.339 e. The first-order valence-electron chi connectivity index (χ1n) is 9.62. The highest BCUT2D eigenvalue weighted by atomic mass is 32.2. The Morgan fingerprint density at radius 3 is 2.19 bits per heavy atom. The molecule has 3 N–H and O–H groups in total. The quantitative estimate of drug-likeness (QED) is 0.526. The zero-order valence-electron chi connectivity index (χ0n) is 17.4. The van der Waals surface area contributed by atoms with Crippen molar-refractivity contribution < 1.29 is 27.5 Å². The average Bonchev–Trinajstić information content (AvgIpc) is 2.75. The monoisotopic (exact) mass is 454 g/mol. The van der Waals surface area contributed by atoms with Crippen LogP contribution in [0, 0.1) is 6.92 Å². The van der Waals surface area contributed by atoms with Gasteiger partial charge in [0.25, 0.3) is 5.91 Å². The normalized spacial score (nSPS) is 12.0. The summed E-state index contributed by atoms with van der Waals surface area (Å²) in [5.74, 6) is -0.0944. The van der Waals surface area contributed by atoms with E-state index in [9.17, 15) is 18.0 Å². The highest BCUT2D eigenvalue weighted by Gasteiger charge is 2.22. The van der Waals surface area contributed by atoms with Gasteiger partial charge in [0.2, 0.25) is 10.0 Å². The van der Waals surface area contributed by atoms with Gasteiger partial charge in [0.1, 0.15) is 11.5 Å². The first-order valence-corrected chi connectivity index (χ1v) is 11.2. The summed E-state index contributed by atoms with van der Waals surface area (Å²) in [5.41, 5.74) is 0.994. The second-order valence-electron chi connectivity index (χ2n) is 7.00. The van der Waals surface area contributed by atoms with Crippen LogP contribution < -0.4 is 15.2 Å². The van der Waals surface area contributed by atoms with Gasteiger partial charge >= 0.3 is 5.97 Å². The summed E-state index contributed by atoms with van der Waals surface area (Å²) in [4.78, 5) is 24.7. The number of carbonyl (C=O) groups excluding carboxylic acids is 2. The van der Waals surface area contributed by atoms with Gasteiger partial charge in [-0.1, -0.05) is 24.3 Å². The third-order valence-corrected chi connectivity index (χ3v) is 5.42. The van der Waals surface area contributed by atoms with E-state index in [4.69, 9.17) is 14.6 Å². The lowest BCUT2D eigenvalue weighted by atomic mass is 10.1. The smallest absolute Gasteiger partial charge is 0.339 e. The van der Waals surface area contributed by atoms with Gasteiger partial charge in [-0.2, -0.15) is 0 Å². The minimum absolute atomic E-state index is 0.0126. The van der Waals surface area contributed by atoms with E-state index < -0.39 is 28.0 Å². The van der Waals surface area contributed by atoms with Gasteiger partial charge in [0.05, 0.1) is 10.5 Å². The molecule has 1 unspecified atom stereocenters. The SMILES string of the molecule is Cc1ccc(S(N)(=O)=O)cc1C(=O)OC(C)C(=O)Nc1ccc(Oc2ccccc2)cc1. The second kappa shape index (κ2) is 9.63. The Balaban J connectivity index is 1.62. The van der Waals surface area contributed by atoms with Crippen molar-refractivity contribution in [1.82, 2.24) is 0 Å². The molecule has 0 saturated carbocycles. The predicted octanol–water partition coefficient (Wildman–Crippen LogP) is 3.62. The Labute approximate surface area is 186 Å². The standard InChI is InChI=1S/C23H22N2O6S/c1-15-8-13-20(32(24,28)29)14-21(15)23(27)30-16(2)22(26)25-17-9-11-19(12-10-17)31-18-6-4-3-5-7-18/h3-14,16H,1-2H3,(H,25,26)(H2,24,28,29). The molecule has 3 rings (SSSR count). The molecule has 8 nitrogen and oxygen atoms in total. The number of esters is 1. The molecule has 0 bridgehead atoms. The molecular weight excluding hydrogens is 432 g/mol. The first-order chi connectivity index (χ1) is 15.1. The van der Waals surface area contributed by atoms with E-state index in [0.717, 1.165) is 6.07 Å². The minimum Gasteiger partial charge on any atom is -0.457 e. The minimum atomic E-state index is -3.98. The van der Waals surface area contributed by atoms with Gasteiger partial charge in [0.15, 0.2) is 6.10 Å². The number of rotatable bonds is 7. The molecule has 32 heavy (non-hydrogen) atoms. The van der Waals surface area contributed by atoms with Crippen molar-refractivity contribution in [3.8, 4) is 11.5 Å². The molecule has 166 valence electrons. The van der Waals surface area contributed by atoms with Gasteiger partial charge < -0.3 is 14.8 Å². The fraction of sp³-hybridized carbons (Fsp3) is 0.130. The van der Waals surface area contributed by atoms with Gasteiger partial charge in [0, 0.05) is 5.69 Å². The van der Waals surface area contributed by atoms with Crippen molar-refractivity contribution in [3.63, 3.8) is 0 Å². The number of hydrogen-bond donors (Lipinski definition) is 2. The Hall–Kier alpha value is -3.69. The fourth-order valence-electron chi connectivity index (χ4n) is 2.75. The van der Waals surface area contributed by atoms with Crippen LogP contribution in [-0.4, -0.2) is 26.4 Å². The van der Waals surface area contributed by atoms with Crippen molar-refractivity contribution in [2.75, 3.05) is 5.32 Å². The zero-order valence-corrected chi connectivity index (χ0v) is 18.3. The van der Waals surface area contributed by atoms with Crippen LogP contribution in [0.2, 0.25) is 0 Å². The number of benzene rings is 3. The molecule has 0 saturated heterocycles. The largest absolute Gasteiger partial charge is 0.457 e. The molecule has 9 heteroatoms. The van der Waals surface area contributed by atoms with Crippen LogP contribution in [0.5, 0.6) is 11.5 Å². The summed E-state index contributed by atoms with van der Waals surface area (Å²) in [6.45, 7) is 3.03. The third-order valence-electron chi connectivity index (χ3n) is 4.51. The first kappa shape index (κ1) is 23.0. The van der Waals surface area contributed by atoms with E-state index >= 15 is 0 Å². The number of aryl methyl sites for hydroxylation is 1. The lowest BCUT2D eigenvalue weighted by Crippen LogP contribution is -2.30. The number of hydrogen-bond acceptors (Lipinski definition) is 6. The van der Waals surface area contributed by atoms with Crippen LogP contribution >= 0.6 is 0 Å². The van der Waals surface area contributed by atoms with E-state index in [1.54, 1.807) is 31.2 Å². The summed E-state index contributed by atoms with van der Waals surface area (Å²) in [7, 11) is -3.98. The van der Waals surface area contributed by atoms with Gasteiger partial charge in [-0.15, -0.1) is 0 Å². The molecule has 3 aromatic carbocycles. The van der Waals surface area contributed by atoms with Gasteiger partial charge in [-0.3, -0.25) is 4.79 Å². The maximum atomic E-state index is 12.5. The third kappa shape index (κ3) is 5.93. The molecule has 3 aromatic rings. The molecule has 1 atom stereocenters. The summed E-state index contributed by atoms with van der Waals surface area (Å²) >= 11 is 0. The van der Waals surface area contributed by atoms with E-state index in [1.807, 2.05) is 30.3 Å². The van der Waals surface area contributed by atoms with Crippen LogP contribution in [0.1, 0.15) is 22.8 Å². The molecule has 0 aliphatic heterocycles. The number of nitrogens with one attached hydrogen (secondary N) is 1. The zero-order chi connectivity index (χ0) is 23.3. The number of para-hydroxylation sites is 1. The molecule has 0 fully saturated rings. The van der Waals surface area contributed by atoms with Crippen molar-refractivity contribution in [3.05, 3.63) is 83.9 Å². The number of primary sulfonamides is 1. The van der Waals surface area contributed by atoms with Crippen LogP contribution in [0.15, 0.2) is 77.7 Å². The van der Waals surface area contributed by atoms with Crippen molar-refractivity contribution in [1.29, 1.82) is 0 Å². The Morgan fingerprint density at radius 2 is 1.56 bits per heavy atom. The number of nitrogens with two attached hydrogens (primary N) is 1. The number of carbonyl (C=O) groups is 2. The Kier molecular flexibility index (Phi) is 6.92. The number of anilines is 1. The predicted molar refractivity (Wildman–Crippen MR) is 119 cm³/mol. The fourth-order valence-corrected chi connectivity index (χ4v) is 3.29. The van der Waals surface area contributed by atoms with Crippen molar-refractivity contribution in [2.45, 2.75) is 24.8 Å². The highest BCUT2D eigenvalue weighted by Crippen LogP contribution is 2.23. The lowest BCUT2D eigenvalue weighted by Gasteiger charge is -2.15. The molecule has 0 radical (unpaired) electrons. The topological polar surface area (TPSA) is 125 Å². The number of amides is 1. The highest BCUT2D eigenvalue weighted by molar-refractivity contribution is 7.89. The van der Waals surface area contributed by atoms with Crippen molar-refractivity contribution in [2.24, 2.45) is 5.14 Å². The molecular formula is C23H22N2O6S. The summed E-state index contributed by atoms with van der Waals surface area (Å²) in [5, 5.41) is 7.76. The van der Waals surface area contributed by atoms with Crippen LogP contribution in [0.25, 0.3) is 0 Å². The Bertz CT molecular complexity index is 1230. The molecule has 1 amide bonds. The second-order valence-corrected chi connectivity index (χ2v) is 8.56. The number of ether oxygens (including phenoxy) is 2. The van der Waals surface area contributed by atoms with Crippen LogP contribution in [-0.2, 0) is 19.6 Å².